The molecular formula is C14H17F2NO2. The summed E-state index contributed by atoms with van der Waals surface area (Å²) >= 11 is 0. The third kappa shape index (κ3) is 2.26. The van der Waals surface area contributed by atoms with Crippen LogP contribution in [0, 0.1) is 18.6 Å². The maximum Gasteiger partial charge on any atom is 0.132 e. The van der Waals surface area contributed by atoms with Crippen molar-refractivity contribution in [3.8, 4) is 0 Å². The first-order valence-electron chi connectivity index (χ1n) is 6.50. The van der Waals surface area contributed by atoms with Crippen LogP contribution in [0.25, 0.3) is 0 Å². The van der Waals surface area contributed by atoms with Crippen LogP contribution in [0.15, 0.2) is 12.1 Å². The number of ether oxygens (including phenoxy) is 1. The lowest BCUT2D eigenvalue weighted by atomic mass is 9.77. The Bertz CT molecular complexity index is 494. The van der Waals surface area contributed by atoms with Crippen LogP contribution >= 0.6 is 0 Å². The van der Waals surface area contributed by atoms with Crippen molar-refractivity contribution >= 4 is 0 Å². The lowest BCUT2D eigenvalue weighted by Crippen LogP contribution is -2.58. The van der Waals surface area contributed by atoms with E-state index in [2.05, 4.69) is 5.32 Å². The Balaban J connectivity index is 1.98. The minimum atomic E-state index is -1.24. The van der Waals surface area contributed by atoms with Gasteiger partial charge in [-0.25, -0.2) is 8.78 Å². The first kappa shape index (κ1) is 13.0. The summed E-state index contributed by atoms with van der Waals surface area (Å²) in [6.45, 7) is 2.61. The zero-order valence-electron chi connectivity index (χ0n) is 10.7. The second-order valence-corrected chi connectivity index (χ2v) is 5.62. The summed E-state index contributed by atoms with van der Waals surface area (Å²) in [5.41, 5.74) is -0.693. The Kier molecular flexibility index (Phi) is 3.08. The largest absolute Gasteiger partial charge is 0.385 e. The van der Waals surface area contributed by atoms with Gasteiger partial charge in [0.05, 0.1) is 18.8 Å². The molecule has 0 aromatic heterocycles. The van der Waals surface area contributed by atoms with Crippen LogP contribution in [0.3, 0.4) is 0 Å². The quantitative estimate of drug-likeness (QED) is 0.814. The van der Waals surface area contributed by atoms with Crippen molar-refractivity contribution in [2.45, 2.75) is 37.5 Å². The van der Waals surface area contributed by atoms with Crippen molar-refractivity contribution in [3.05, 3.63) is 34.9 Å². The summed E-state index contributed by atoms with van der Waals surface area (Å²) in [4.78, 5) is 0. The number of nitrogens with one attached hydrogen (secondary N) is 1. The molecule has 0 spiro atoms. The standard InChI is InChI=1S/C14H17F2NO2/c1-8-2-11(13(16)3-12(8)15)14(18)4-9-6-19-7-10(5-14)17-9/h2-3,9-10,17-18H,4-7H2,1H3. The molecule has 19 heavy (non-hydrogen) atoms. The molecule has 3 rings (SSSR count). The fourth-order valence-corrected chi connectivity index (χ4v) is 3.15. The molecule has 0 amide bonds. The summed E-state index contributed by atoms with van der Waals surface area (Å²) in [6.07, 6.45) is 0.761. The first-order valence-corrected chi connectivity index (χ1v) is 6.50. The van der Waals surface area contributed by atoms with Gasteiger partial charge in [0.1, 0.15) is 11.6 Å². The van der Waals surface area contributed by atoms with E-state index < -0.39 is 17.2 Å². The number of benzene rings is 1. The molecule has 5 heteroatoms. The normalized spacial score (nSPS) is 34.3. The number of aryl methyl sites for hydroxylation is 1. The van der Waals surface area contributed by atoms with E-state index in [0.717, 1.165) is 6.07 Å². The average Bonchev–Trinajstić information content (AvgIpc) is 2.33. The lowest BCUT2D eigenvalue weighted by molar-refractivity contribution is -0.0818. The number of piperidine rings is 1. The SMILES string of the molecule is Cc1cc(C2(O)CC3COCC(C2)N3)c(F)cc1F. The first-order chi connectivity index (χ1) is 8.98. The maximum absolute atomic E-state index is 14.0. The van der Waals surface area contributed by atoms with Gasteiger partial charge in [-0.05, 0) is 31.4 Å². The van der Waals surface area contributed by atoms with Crippen LogP contribution in [0.4, 0.5) is 8.78 Å². The van der Waals surface area contributed by atoms with E-state index in [1.165, 1.54) is 6.07 Å². The van der Waals surface area contributed by atoms with Gasteiger partial charge in [0.15, 0.2) is 0 Å². The molecule has 1 aromatic carbocycles. The van der Waals surface area contributed by atoms with Crippen LogP contribution in [0.2, 0.25) is 0 Å². The van der Waals surface area contributed by atoms with Gasteiger partial charge >= 0.3 is 0 Å². The Morgan fingerprint density at radius 1 is 1.21 bits per heavy atom. The smallest absolute Gasteiger partial charge is 0.132 e. The summed E-state index contributed by atoms with van der Waals surface area (Å²) in [6, 6.07) is 2.31. The second-order valence-electron chi connectivity index (χ2n) is 5.62. The van der Waals surface area contributed by atoms with Crippen molar-refractivity contribution in [1.82, 2.24) is 5.32 Å². The molecule has 0 saturated carbocycles. The third-order valence-corrected chi connectivity index (χ3v) is 4.03. The number of morpholine rings is 1. The fourth-order valence-electron chi connectivity index (χ4n) is 3.15. The van der Waals surface area contributed by atoms with Crippen molar-refractivity contribution in [2.24, 2.45) is 0 Å². The van der Waals surface area contributed by atoms with Gasteiger partial charge in [-0.1, -0.05) is 0 Å². The van der Waals surface area contributed by atoms with Gasteiger partial charge in [-0.3, -0.25) is 0 Å². The molecule has 2 unspecified atom stereocenters. The number of hydrogen-bond donors (Lipinski definition) is 2. The van der Waals surface area contributed by atoms with Gasteiger partial charge in [0.2, 0.25) is 0 Å². The van der Waals surface area contributed by atoms with Crippen LogP contribution in [-0.4, -0.2) is 30.4 Å². The van der Waals surface area contributed by atoms with Crippen LogP contribution in [0.5, 0.6) is 0 Å². The van der Waals surface area contributed by atoms with Crippen molar-refractivity contribution in [3.63, 3.8) is 0 Å². The van der Waals surface area contributed by atoms with Gasteiger partial charge in [-0.15, -0.1) is 0 Å². The minimum absolute atomic E-state index is 0.0160. The molecule has 2 N–H and O–H groups in total. The summed E-state index contributed by atoms with van der Waals surface area (Å²) in [7, 11) is 0. The van der Waals surface area contributed by atoms with Crippen molar-refractivity contribution in [2.75, 3.05) is 13.2 Å². The van der Waals surface area contributed by atoms with E-state index in [9.17, 15) is 13.9 Å². The molecule has 2 heterocycles. The third-order valence-electron chi connectivity index (χ3n) is 4.03. The molecular weight excluding hydrogens is 252 g/mol. The van der Waals surface area contributed by atoms with Crippen LogP contribution in [0.1, 0.15) is 24.0 Å². The summed E-state index contributed by atoms with van der Waals surface area (Å²) < 4.78 is 32.7. The van der Waals surface area contributed by atoms with E-state index in [1.54, 1.807) is 6.92 Å². The molecule has 0 aliphatic carbocycles. The maximum atomic E-state index is 14.0. The predicted molar refractivity (Wildman–Crippen MR) is 65.8 cm³/mol. The average molecular weight is 269 g/mol. The highest BCUT2D eigenvalue weighted by molar-refractivity contribution is 5.31. The van der Waals surface area contributed by atoms with E-state index in [0.29, 0.717) is 31.6 Å². The van der Waals surface area contributed by atoms with Crippen molar-refractivity contribution < 1.29 is 18.6 Å². The molecule has 2 aliphatic rings. The Morgan fingerprint density at radius 2 is 1.84 bits per heavy atom. The molecule has 2 saturated heterocycles. The monoisotopic (exact) mass is 269 g/mol. The molecule has 0 radical (unpaired) electrons. The Morgan fingerprint density at radius 3 is 2.47 bits per heavy atom. The minimum Gasteiger partial charge on any atom is -0.385 e. The number of halogens is 2. The summed E-state index contributed by atoms with van der Waals surface area (Å²) in [5, 5.41) is 14.1. The molecule has 2 fully saturated rings. The Hall–Kier alpha value is -1.04. The predicted octanol–water partition coefficient (Wildman–Crippen LogP) is 1.61. The van der Waals surface area contributed by atoms with E-state index in [-0.39, 0.29) is 17.6 Å². The molecule has 1 aromatic rings. The molecule has 2 bridgehead atoms. The van der Waals surface area contributed by atoms with Crippen LogP contribution < -0.4 is 5.32 Å². The second kappa shape index (κ2) is 4.51. The Labute approximate surface area is 110 Å². The van der Waals surface area contributed by atoms with Gasteiger partial charge in [0.25, 0.3) is 0 Å². The van der Waals surface area contributed by atoms with Gasteiger partial charge < -0.3 is 15.2 Å². The van der Waals surface area contributed by atoms with E-state index >= 15 is 0 Å². The fraction of sp³-hybridized carbons (Fsp3) is 0.571. The molecule has 2 aliphatic heterocycles. The lowest BCUT2D eigenvalue weighted by Gasteiger charge is -2.45. The number of fused-ring (bicyclic) bond motifs is 2. The van der Waals surface area contributed by atoms with Gasteiger partial charge in [-0.2, -0.15) is 0 Å². The molecule has 2 atom stereocenters. The zero-order chi connectivity index (χ0) is 13.6. The highest BCUT2D eigenvalue weighted by Gasteiger charge is 2.43. The summed E-state index contributed by atoms with van der Waals surface area (Å²) in [5.74, 6) is -1.26. The number of aliphatic hydroxyl groups is 1. The van der Waals surface area contributed by atoms with E-state index in [4.69, 9.17) is 4.74 Å². The highest BCUT2D eigenvalue weighted by atomic mass is 19.1. The molecule has 104 valence electrons. The van der Waals surface area contributed by atoms with Crippen LogP contribution in [-0.2, 0) is 10.3 Å². The van der Waals surface area contributed by atoms with E-state index in [1.807, 2.05) is 0 Å². The molecule has 3 nitrogen and oxygen atoms in total. The highest BCUT2D eigenvalue weighted by Crippen LogP contribution is 2.38. The number of hydrogen-bond acceptors (Lipinski definition) is 3. The zero-order valence-corrected chi connectivity index (χ0v) is 10.7. The van der Waals surface area contributed by atoms with Crippen molar-refractivity contribution in [1.29, 1.82) is 0 Å². The van der Waals surface area contributed by atoms with Gasteiger partial charge in [0, 0.05) is 23.7 Å². The topological polar surface area (TPSA) is 41.5 Å². The number of rotatable bonds is 1.